The summed E-state index contributed by atoms with van der Waals surface area (Å²) in [6.07, 6.45) is 2.70. The first-order valence-corrected chi connectivity index (χ1v) is 6.24. The van der Waals surface area contributed by atoms with Crippen molar-refractivity contribution >= 4 is 16.8 Å². The lowest BCUT2D eigenvalue weighted by atomic mass is 10.2. The highest BCUT2D eigenvalue weighted by Gasteiger charge is 2.15. The van der Waals surface area contributed by atoms with Crippen LogP contribution in [0.25, 0.3) is 10.9 Å². The monoisotopic (exact) mass is 242 g/mol. The average Bonchev–Trinajstić information content (AvgIpc) is 2.81. The zero-order chi connectivity index (χ0) is 13.0. The molecule has 1 aromatic carbocycles. The van der Waals surface area contributed by atoms with Crippen molar-refractivity contribution in [2.24, 2.45) is 0 Å². The number of hydrogen-bond donors (Lipinski definition) is 1. The molecule has 0 bridgehead atoms. The maximum Gasteiger partial charge on any atom is 0.270 e. The smallest absolute Gasteiger partial charge is 0.270 e. The van der Waals surface area contributed by atoms with Gasteiger partial charge in [0.15, 0.2) is 0 Å². The Hall–Kier alpha value is -2.03. The molecule has 0 saturated heterocycles. The number of amides is 1. The molecule has 0 aliphatic rings. The molecule has 0 radical (unpaired) electrons. The first-order valence-electron chi connectivity index (χ1n) is 6.24. The van der Waals surface area contributed by atoms with Gasteiger partial charge in [0.05, 0.1) is 0 Å². The van der Waals surface area contributed by atoms with Crippen molar-refractivity contribution in [2.45, 2.75) is 13.3 Å². The molecule has 0 atom stereocenters. The molecule has 3 nitrogen and oxygen atoms in total. The first kappa shape index (κ1) is 12.4. The Bertz CT molecular complexity index is 523. The predicted octanol–water partition coefficient (Wildman–Crippen LogP) is 3.21. The molecule has 0 aliphatic carbocycles. The van der Waals surface area contributed by atoms with Crippen LogP contribution < -0.4 is 0 Å². The minimum atomic E-state index is 0.0351. The van der Waals surface area contributed by atoms with Crippen LogP contribution in [0.2, 0.25) is 0 Å². The zero-order valence-corrected chi connectivity index (χ0v) is 10.6. The summed E-state index contributed by atoms with van der Waals surface area (Å²) in [4.78, 5) is 17.3. The highest BCUT2D eigenvalue weighted by atomic mass is 16.2. The van der Waals surface area contributed by atoms with Gasteiger partial charge in [0.2, 0.25) is 0 Å². The Balaban J connectivity index is 2.28. The van der Waals surface area contributed by atoms with Gasteiger partial charge in [-0.05, 0) is 18.6 Å². The van der Waals surface area contributed by atoms with Crippen molar-refractivity contribution < 1.29 is 4.79 Å². The summed E-state index contributed by atoms with van der Waals surface area (Å²) in [7, 11) is 0. The molecule has 0 unspecified atom stereocenters. The van der Waals surface area contributed by atoms with E-state index < -0.39 is 0 Å². The van der Waals surface area contributed by atoms with E-state index in [2.05, 4.69) is 18.5 Å². The van der Waals surface area contributed by atoms with Crippen LogP contribution in [0.15, 0.2) is 43.0 Å². The van der Waals surface area contributed by atoms with Crippen molar-refractivity contribution in [1.29, 1.82) is 0 Å². The minimum Gasteiger partial charge on any atom is -0.351 e. The number of aromatic amines is 1. The number of fused-ring (bicyclic) bond motifs is 1. The van der Waals surface area contributed by atoms with E-state index in [0.29, 0.717) is 12.2 Å². The third-order valence-electron chi connectivity index (χ3n) is 2.89. The molecule has 0 spiro atoms. The summed E-state index contributed by atoms with van der Waals surface area (Å²) < 4.78 is 0. The largest absolute Gasteiger partial charge is 0.351 e. The summed E-state index contributed by atoms with van der Waals surface area (Å²) in [6.45, 7) is 7.10. The molecule has 1 N–H and O–H groups in total. The Morgan fingerprint density at radius 1 is 1.44 bits per heavy atom. The van der Waals surface area contributed by atoms with Gasteiger partial charge >= 0.3 is 0 Å². The second kappa shape index (κ2) is 5.54. The fraction of sp³-hybridized carbons (Fsp3) is 0.267. The lowest BCUT2D eigenvalue weighted by Gasteiger charge is -2.19. The van der Waals surface area contributed by atoms with Gasteiger partial charge in [0.1, 0.15) is 5.69 Å². The lowest BCUT2D eigenvalue weighted by molar-refractivity contribution is 0.0769. The number of aromatic nitrogens is 1. The third kappa shape index (κ3) is 2.45. The van der Waals surface area contributed by atoms with E-state index in [9.17, 15) is 4.79 Å². The predicted molar refractivity (Wildman–Crippen MR) is 74.7 cm³/mol. The van der Waals surface area contributed by atoms with Gasteiger partial charge in [-0.2, -0.15) is 0 Å². The van der Waals surface area contributed by atoms with Crippen molar-refractivity contribution in [3.63, 3.8) is 0 Å². The van der Waals surface area contributed by atoms with Crippen molar-refractivity contribution in [3.05, 3.63) is 48.7 Å². The number of carbonyl (C=O) groups excluding carboxylic acids is 1. The van der Waals surface area contributed by atoms with E-state index in [0.717, 1.165) is 23.9 Å². The highest BCUT2D eigenvalue weighted by Crippen LogP contribution is 2.16. The number of nitrogens with zero attached hydrogens (tertiary/aromatic N) is 1. The minimum absolute atomic E-state index is 0.0351. The number of hydrogen-bond acceptors (Lipinski definition) is 1. The van der Waals surface area contributed by atoms with Crippen LogP contribution in [0.4, 0.5) is 0 Å². The Kier molecular flexibility index (Phi) is 3.82. The summed E-state index contributed by atoms with van der Waals surface area (Å²) in [5.74, 6) is 0.0351. The molecule has 0 saturated carbocycles. The normalized spacial score (nSPS) is 10.5. The molecule has 0 aliphatic heterocycles. The molecule has 1 amide bonds. The Labute approximate surface area is 107 Å². The molecule has 0 fully saturated rings. The Morgan fingerprint density at radius 3 is 2.89 bits per heavy atom. The average molecular weight is 242 g/mol. The van der Waals surface area contributed by atoms with Gasteiger partial charge in [-0.15, -0.1) is 6.58 Å². The number of H-pyrrole nitrogens is 1. The van der Waals surface area contributed by atoms with Crippen LogP contribution in [-0.4, -0.2) is 28.9 Å². The fourth-order valence-electron chi connectivity index (χ4n) is 2.06. The van der Waals surface area contributed by atoms with Crippen LogP contribution in [0.1, 0.15) is 23.8 Å². The van der Waals surface area contributed by atoms with Gasteiger partial charge in [-0.25, -0.2) is 0 Å². The van der Waals surface area contributed by atoms with E-state index in [1.165, 1.54) is 0 Å². The van der Waals surface area contributed by atoms with Crippen LogP contribution in [0.3, 0.4) is 0 Å². The molecule has 2 rings (SSSR count). The van der Waals surface area contributed by atoms with E-state index in [4.69, 9.17) is 0 Å². The number of para-hydroxylation sites is 1. The molecule has 1 aromatic heterocycles. The summed E-state index contributed by atoms with van der Waals surface area (Å²) in [5.41, 5.74) is 1.64. The number of benzene rings is 1. The molecule has 1 heterocycles. The maximum atomic E-state index is 12.3. The second-order valence-corrected chi connectivity index (χ2v) is 4.31. The van der Waals surface area contributed by atoms with Crippen molar-refractivity contribution in [3.8, 4) is 0 Å². The van der Waals surface area contributed by atoms with E-state index in [-0.39, 0.29) is 5.91 Å². The third-order valence-corrected chi connectivity index (χ3v) is 2.89. The van der Waals surface area contributed by atoms with E-state index in [1.807, 2.05) is 30.3 Å². The van der Waals surface area contributed by atoms with Crippen molar-refractivity contribution in [2.75, 3.05) is 13.1 Å². The van der Waals surface area contributed by atoms with Gasteiger partial charge < -0.3 is 9.88 Å². The zero-order valence-electron chi connectivity index (χ0n) is 10.6. The van der Waals surface area contributed by atoms with Gasteiger partial charge in [-0.1, -0.05) is 31.2 Å². The van der Waals surface area contributed by atoms with Gasteiger partial charge in [0.25, 0.3) is 5.91 Å². The summed E-state index contributed by atoms with van der Waals surface area (Å²) in [6, 6.07) is 9.81. The van der Waals surface area contributed by atoms with Crippen LogP contribution in [0, 0.1) is 0 Å². The molecule has 94 valence electrons. The van der Waals surface area contributed by atoms with Gasteiger partial charge in [-0.3, -0.25) is 4.79 Å². The lowest BCUT2D eigenvalue weighted by Crippen LogP contribution is -2.32. The summed E-state index contributed by atoms with van der Waals surface area (Å²) in [5, 5.41) is 1.07. The molecule has 2 aromatic rings. The molecular formula is C15H18N2O. The standard InChI is InChI=1S/C15H18N2O/c1-3-9-17(10-4-2)15(18)14-11-12-7-5-6-8-13(12)16-14/h3,5-8,11,16H,1,4,9-10H2,2H3. The number of nitrogens with one attached hydrogen (secondary N) is 1. The molecular weight excluding hydrogens is 224 g/mol. The molecule has 18 heavy (non-hydrogen) atoms. The topological polar surface area (TPSA) is 36.1 Å². The maximum absolute atomic E-state index is 12.3. The highest BCUT2D eigenvalue weighted by molar-refractivity contribution is 5.98. The Morgan fingerprint density at radius 2 is 2.22 bits per heavy atom. The van der Waals surface area contributed by atoms with Gasteiger partial charge in [0, 0.05) is 24.0 Å². The number of rotatable bonds is 5. The van der Waals surface area contributed by atoms with E-state index >= 15 is 0 Å². The fourth-order valence-corrected chi connectivity index (χ4v) is 2.06. The molecule has 3 heteroatoms. The summed E-state index contributed by atoms with van der Waals surface area (Å²) >= 11 is 0. The second-order valence-electron chi connectivity index (χ2n) is 4.31. The van der Waals surface area contributed by atoms with Crippen LogP contribution >= 0.6 is 0 Å². The SMILES string of the molecule is C=CCN(CCC)C(=O)c1cc2ccccc2[nH]1. The quantitative estimate of drug-likeness (QED) is 0.803. The van der Waals surface area contributed by atoms with E-state index in [1.54, 1.807) is 11.0 Å². The van der Waals surface area contributed by atoms with Crippen molar-refractivity contribution in [1.82, 2.24) is 9.88 Å². The first-order chi connectivity index (χ1) is 8.76. The van der Waals surface area contributed by atoms with Crippen LogP contribution in [0.5, 0.6) is 0 Å². The number of carbonyl (C=O) groups is 1. The van der Waals surface area contributed by atoms with Crippen LogP contribution in [-0.2, 0) is 0 Å².